The number of oxime groups is 1. The predicted molar refractivity (Wildman–Crippen MR) is 49.8 cm³/mol. The van der Waals surface area contributed by atoms with Crippen LogP contribution in [0, 0.1) is 0 Å². The molecule has 1 atom stereocenters. The van der Waals surface area contributed by atoms with Crippen LogP contribution in [0.3, 0.4) is 0 Å². The lowest BCUT2D eigenvalue weighted by Crippen LogP contribution is -2.39. The molecular weight excluding hydrogens is 152 g/mol. The highest BCUT2D eigenvalue weighted by molar-refractivity contribution is 5.89. The minimum absolute atomic E-state index is 0.337. The van der Waals surface area contributed by atoms with Crippen LogP contribution in [0.2, 0.25) is 0 Å². The van der Waals surface area contributed by atoms with Gasteiger partial charge < -0.3 is 10.5 Å². The second-order valence-electron chi connectivity index (χ2n) is 3.34. The normalized spacial score (nSPS) is 27.8. The lowest BCUT2D eigenvalue weighted by atomic mass is 9.93. The highest BCUT2D eigenvalue weighted by Crippen LogP contribution is 2.15. The molecule has 3 heteroatoms. The van der Waals surface area contributed by atoms with Gasteiger partial charge in [0, 0.05) is 6.04 Å². The molecule has 0 aliphatic heterocycles. The minimum atomic E-state index is 0.337. The lowest BCUT2D eigenvalue weighted by molar-refractivity contribution is 0.310. The van der Waals surface area contributed by atoms with Gasteiger partial charge in [-0.1, -0.05) is 18.5 Å². The zero-order valence-electron chi connectivity index (χ0n) is 7.71. The van der Waals surface area contributed by atoms with Crippen molar-refractivity contribution in [2.24, 2.45) is 5.16 Å². The second-order valence-corrected chi connectivity index (χ2v) is 3.34. The van der Waals surface area contributed by atoms with Crippen LogP contribution < -0.4 is 5.32 Å². The first-order chi connectivity index (χ1) is 5.88. The number of hydrogen-bond acceptors (Lipinski definition) is 3. The molecule has 0 radical (unpaired) electrons. The van der Waals surface area contributed by atoms with Gasteiger partial charge in [-0.3, -0.25) is 0 Å². The Morgan fingerprint density at radius 2 is 2.42 bits per heavy atom. The SMILES string of the molecule is CCCNC1CCCC/C1=N/O. The van der Waals surface area contributed by atoms with E-state index in [2.05, 4.69) is 17.4 Å². The fraction of sp³-hybridized carbons (Fsp3) is 0.889. The average Bonchev–Trinajstić information content (AvgIpc) is 2.15. The van der Waals surface area contributed by atoms with Crippen molar-refractivity contribution in [1.29, 1.82) is 0 Å². The van der Waals surface area contributed by atoms with Gasteiger partial charge in [0.25, 0.3) is 0 Å². The first kappa shape index (κ1) is 9.52. The molecule has 1 aliphatic rings. The molecule has 12 heavy (non-hydrogen) atoms. The van der Waals surface area contributed by atoms with Crippen LogP contribution >= 0.6 is 0 Å². The third-order valence-corrected chi connectivity index (χ3v) is 2.35. The fourth-order valence-electron chi connectivity index (χ4n) is 1.65. The Morgan fingerprint density at radius 1 is 1.58 bits per heavy atom. The first-order valence-corrected chi connectivity index (χ1v) is 4.82. The zero-order chi connectivity index (χ0) is 8.81. The summed E-state index contributed by atoms with van der Waals surface area (Å²) in [4.78, 5) is 0. The molecule has 3 nitrogen and oxygen atoms in total. The molecule has 0 aromatic carbocycles. The molecule has 0 aromatic rings. The summed E-state index contributed by atoms with van der Waals surface area (Å²) in [5.41, 5.74) is 0.940. The van der Waals surface area contributed by atoms with E-state index < -0.39 is 0 Å². The van der Waals surface area contributed by atoms with Gasteiger partial charge in [-0.2, -0.15) is 0 Å². The summed E-state index contributed by atoms with van der Waals surface area (Å²) in [6.45, 7) is 3.16. The number of nitrogens with one attached hydrogen (secondary N) is 1. The highest BCUT2D eigenvalue weighted by Gasteiger charge is 2.19. The van der Waals surface area contributed by atoms with Gasteiger partial charge in [-0.15, -0.1) is 0 Å². The van der Waals surface area contributed by atoms with Crippen molar-refractivity contribution in [2.75, 3.05) is 6.54 Å². The van der Waals surface area contributed by atoms with Gasteiger partial charge in [-0.05, 0) is 32.2 Å². The molecule has 1 saturated carbocycles. The van der Waals surface area contributed by atoms with Crippen molar-refractivity contribution in [3.8, 4) is 0 Å². The maximum atomic E-state index is 8.71. The first-order valence-electron chi connectivity index (χ1n) is 4.82. The van der Waals surface area contributed by atoms with Gasteiger partial charge in [-0.25, -0.2) is 0 Å². The van der Waals surface area contributed by atoms with Crippen molar-refractivity contribution in [2.45, 2.75) is 45.1 Å². The third kappa shape index (κ3) is 2.48. The van der Waals surface area contributed by atoms with Crippen molar-refractivity contribution >= 4 is 5.71 Å². The fourth-order valence-corrected chi connectivity index (χ4v) is 1.65. The van der Waals surface area contributed by atoms with E-state index in [1.54, 1.807) is 0 Å². The molecule has 0 spiro atoms. The average molecular weight is 170 g/mol. The minimum Gasteiger partial charge on any atom is -0.411 e. The summed E-state index contributed by atoms with van der Waals surface area (Å²) in [7, 11) is 0. The molecule has 0 bridgehead atoms. The van der Waals surface area contributed by atoms with Gasteiger partial charge in [0.1, 0.15) is 0 Å². The van der Waals surface area contributed by atoms with Crippen LogP contribution in [0.25, 0.3) is 0 Å². The van der Waals surface area contributed by atoms with E-state index in [4.69, 9.17) is 5.21 Å². The molecule has 70 valence electrons. The van der Waals surface area contributed by atoms with E-state index in [9.17, 15) is 0 Å². The molecule has 0 amide bonds. The predicted octanol–water partition coefficient (Wildman–Crippen LogP) is 1.76. The van der Waals surface area contributed by atoms with Crippen molar-refractivity contribution in [3.63, 3.8) is 0 Å². The second kappa shape index (κ2) is 5.14. The van der Waals surface area contributed by atoms with E-state index in [0.29, 0.717) is 6.04 Å². The van der Waals surface area contributed by atoms with Crippen LogP contribution in [-0.4, -0.2) is 23.5 Å². The van der Waals surface area contributed by atoms with Gasteiger partial charge >= 0.3 is 0 Å². The molecule has 1 aliphatic carbocycles. The van der Waals surface area contributed by atoms with E-state index >= 15 is 0 Å². The number of hydrogen-bond donors (Lipinski definition) is 2. The Balaban J connectivity index is 2.37. The quantitative estimate of drug-likeness (QED) is 0.500. The summed E-state index contributed by atoms with van der Waals surface area (Å²) in [6, 6.07) is 0.337. The van der Waals surface area contributed by atoms with E-state index in [-0.39, 0.29) is 0 Å². The van der Waals surface area contributed by atoms with Crippen LogP contribution in [0.15, 0.2) is 5.16 Å². The molecular formula is C9H18N2O. The standard InChI is InChI=1S/C9H18N2O/c1-2-7-10-8-5-3-4-6-9(8)11-12/h8,10,12H,2-7H2,1H3/b11-9-. The van der Waals surface area contributed by atoms with Gasteiger partial charge in [0.05, 0.1) is 5.71 Å². The highest BCUT2D eigenvalue weighted by atomic mass is 16.4. The number of nitrogens with zero attached hydrogens (tertiary/aromatic N) is 1. The molecule has 1 unspecified atom stereocenters. The largest absolute Gasteiger partial charge is 0.411 e. The molecule has 0 saturated heterocycles. The summed E-state index contributed by atoms with van der Waals surface area (Å²) >= 11 is 0. The van der Waals surface area contributed by atoms with Crippen LogP contribution in [0.5, 0.6) is 0 Å². The van der Waals surface area contributed by atoms with Crippen molar-refractivity contribution in [3.05, 3.63) is 0 Å². The maximum Gasteiger partial charge on any atom is 0.0739 e. The topological polar surface area (TPSA) is 44.6 Å². The molecule has 1 rings (SSSR count). The number of rotatable bonds is 3. The Hall–Kier alpha value is -0.570. The summed E-state index contributed by atoms with van der Waals surface area (Å²) in [5.74, 6) is 0. The van der Waals surface area contributed by atoms with Crippen LogP contribution in [0.4, 0.5) is 0 Å². The summed E-state index contributed by atoms with van der Waals surface area (Å²) in [5, 5.41) is 15.4. The van der Waals surface area contributed by atoms with E-state index in [1.165, 1.54) is 12.8 Å². The van der Waals surface area contributed by atoms with E-state index in [0.717, 1.165) is 31.5 Å². The van der Waals surface area contributed by atoms with E-state index in [1.807, 2.05) is 0 Å². The Morgan fingerprint density at radius 3 is 3.08 bits per heavy atom. The monoisotopic (exact) mass is 170 g/mol. The van der Waals surface area contributed by atoms with Crippen LogP contribution in [0.1, 0.15) is 39.0 Å². The summed E-state index contributed by atoms with van der Waals surface area (Å²) < 4.78 is 0. The molecule has 2 N–H and O–H groups in total. The molecule has 0 heterocycles. The summed E-state index contributed by atoms with van der Waals surface area (Å²) in [6.07, 6.45) is 5.64. The Kier molecular flexibility index (Phi) is 4.08. The lowest BCUT2D eigenvalue weighted by Gasteiger charge is -2.23. The van der Waals surface area contributed by atoms with Crippen molar-refractivity contribution < 1.29 is 5.21 Å². The third-order valence-electron chi connectivity index (χ3n) is 2.35. The van der Waals surface area contributed by atoms with Crippen LogP contribution in [-0.2, 0) is 0 Å². The molecule has 1 fully saturated rings. The molecule has 0 aromatic heterocycles. The zero-order valence-corrected chi connectivity index (χ0v) is 7.71. The van der Waals surface area contributed by atoms with Gasteiger partial charge in [0.2, 0.25) is 0 Å². The van der Waals surface area contributed by atoms with Crippen molar-refractivity contribution in [1.82, 2.24) is 5.32 Å². The van der Waals surface area contributed by atoms with Gasteiger partial charge in [0.15, 0.2) is 0 Å². The Labute approximate surface area is 73.8 Å². The Bertz CT molecular complexity index is 157. The maximum absolute atomic E-state index is 8.71. The smallest absolute Gasteiger partial charge is 0.0739 e.